The van der Waals surface area contributed by atoms with Crippen LogP contribution in [-0.4, -0.2) is 59.7 Å². The Morgan fingerprint density at radius 3 is 2.75 bits per heavy atom. The molecule has 2 aliphatic rings. The van der Waals surface area contributed by atoms with E-state index in [9.17, 15) is 21.9 Å². The third-order valence-electron chi connectivity index (χ3n) is 4.45. The van der Waals surface area contributed by atoms with Crippen LogP contribution in [0.15, 0.2) is 6.20 Å². The van der Waals surface area contributed by atoms with Gasteiger partial charge in [-0.25, -0.2) is 14.8 Å². The van der Waals surface area contributed by atoms with E-state index in [0.717, 1.165) is 11.3 Å². The minimum Gasteiger partial charge on any atom is -0.444 e. The van der Waals surface area contributed by atoms with E-state index in [0.29, 0.717) is 19.5 Å². The average molecular weight is 414 g/mol. The number of halogens is 1. The smallest absolute Gasteiger partial charge is 0.410 e. The zero-order valence-corrected chi connectivity index (χ0v) is 16.8. The molecule has 2 amide bonds. The Kier molecular flexibility index (Phi) is 5.30. The van der Waals surface area contributed by atoms with Gasteiger partial charge in [0.15, 0.2) is 0 Å². The van der Waals surface area contributed by atoms with Crippen molar-refractivity contribution in [1.29, 1.82) is 0 Å². The quantitative estimate of drug-likeness (QED) is 0.688. The van der Waals surface area contributed by atoms with Crippen LogP contribution in [-0.2, 0) is 32.7 Å². The van der Waals surface area contributed by atoms with Gasteiger partial charge in [0.05, 0.1) is 18.0 Å². The van der Waals surface area contributed by atoms with Gasteiger partial charge in [0.1, 0.15) is 5.60 Å². The van der Waals surface area contributed by atoms with Gasteiger partial charge in [0.2, 0.25) is 11.9 Å². The van der Waals surface area contributed by atoms with E-state index in [4.69, 9.17) is 4.74 Å². The van der Waals surface area contributed by atoms with Crippen molar-refractivity contribution >= 4 is 28.2 Å². The predicted molar refractivity (Wildman–Crippen MR) is 97.7 cm³/mol. The number of nitrogens with zero attached hydrogens (tertiary/aromatic N) is 4. The van der Waals surface area contributed by atoms with Gasteiger partial charge >= 0.3 is 16.3 Å². The van der Waals surface area contributed by atoms with Gasteiger partial charge in [0.25, 0.3) is 0 Å². The number of carbonyl (C=O) groups excluding carboxylic acids is 2. The van der Waals surface area contributed by atoms with E-state index in [2.05, 4.69) is 9.97 Å². The van der Waals surface area contributed by atoms with E-state index in [1.807, 2.05) is 0 Å². The van der Waals surface area contributed by atoms with Crippen LogP contribution in [0.4, 0.5) is 14.6 Å². The molecule has 0 saturated carbocycles. The molecule has 0 spiro atoms. The fraction of sp³-hybridized carbons (Fsp3) is 0.647. The van der Waals surface area contributed by atoms with E-state index in [1.54, 1.807) is 31.9 Å². The molecule has 28 heavy (non-hydrogen) atoms. The van der Waals surface area contributed by atoms with Gasteiger partial charge in [-0.05, 0) is 20.8 Å². The molecule has 0 N–H and O–H groups in total. The van der Waals surface area contributed by atoms with Gasteiger partial charge in [-0.2, -0.15) is 8.42 Å². The molecule has 3 heterocycles. The maximum atomic E-state index is 12.9. The number of rotatable bonds is 3. The third kappa shape index (κ3) is 4.94. The first-order valence-corrected chi connectivity index (χ1v) is 10.5. The van der Waals surface area contributed by atoms with Crippen molar-refractivity contribution in [3.05, 3.63) is 17.5 Å². The van der Waals surface area contributed by atoms with Gasteiger partial charge in [-0.3, -0.25) is 9.69 Å². The monoisotopic (exact) mass is 414 g/mol. The summed E-state index contributed by atoms with van der Waals surface area (Å²) in [5.41, 5.74) is 0.895. The summed E-state index contributed by atoms with van der Waals surface area (Å²) < 4.78 is 39.9. The summed E-state index contributed by atoms with van der Waals surface area (Å²) in [7, 11) is -4.65. The van der Waals surface area contributed by atoms with Gasteiger partial charge in [-0.15, -0.1) is 3.89 Å². The molecule has 1 aromatic rings. The van der Waals surface area contributed by atoms with Gasteiger partial charge < -0.3 is 9.64 Å². The fourth-order valence-electron chi connectivity index (χ4n) is 3.29. The SMILES string of the molecule is CC(C)(C)OC(=O)N1CCc2nc(N3CC(CS(=O)(=O)F)CC3=O)ncc2C1. The van der Waals surface area contributed by atoms with Crippen molar-refractivity contribution in [3.63, 3.8) is 0 Å². The van der Waals surface area contributed by atoms with Crippen LogP contribution >= 0.6 is 0 Å². The summed E-state index contributed by atoms with van der Waals surface area (Å²) in [6, 6.07) is 0. The molecule has 2 aliphatic heterocycles. The molecule has 1 aromatic heterocycles. The Morgan fingerprint density at radius 1 is 1.39 bits per heavy atom. The molecule has 0 radical (unpaired) electrons. The minimum atomic E-state index is -4.65. The highest BCUT2D eigenvalue weighted by Gasteiger charge is 2.35. The first-order valence-electron chi connectivity index (χ1n) is 8.97. The van der Waals surface area contributed by atoms with Crippen LogP contribution in [0.2, 0.25) is 0 Å². The van der Waals surface area contributed by atoms with Gasteiger partial charge in [-0.1, -0.05) is 0 Å². The van der Waals surface area contributed by atoms with Crippen LogP contribution in [0.1, 0.15) is 38.4 Å². The maximum Gasteiger partial charge on any atom is 0.410 e. The van der Waals surface area contributed by atoms with E-state index in [-0.39, 0.29) is 24.8 Å². The van der Waals surface area contributed by atoms with Crippen LogP contribution in [0.5, 0.6) is 0 Å². The van der Waals surface area contributed by atoms with Crippen molar-refractivity contribution in [2.24, 2.45) is 5.92 Å². The lowest BCUT2D eigenvalue weighted by atomic mass is 10.1. The zero-order valence-electron chi connectivity index (χ0n) is 16.0. The summed E-state index contributed by atoms with van der Waals surface area (Å²) in [4.78, 5) is 35.9. The van der Waals surface area contributed by atoms with Crippen LogP contribution in [0.3, 0.4) is 0 Å². The Morgan fingerprint density at radius 2 is 2.11 bits per heavy atom. The molecule has 0 aliphatic carbocycles. The number of aromatic nitrogens is 2. The molecule has 154 valence electrons. The number of fused-ring (bicyclic) bond motifs is 1. The number of hydrogen-bond donors (Lipinski definition) is 0. The molecule has 11 heteroatoms. The van der Waals surface area contributed by atoms with E-state index < -0.39 is 33.6 Å². The van der Waals surface area contributed by atoms with Crippen LogP contribution in [0, 0.1) is 5.92 Å². The topological polar surface area (TPSA) is 110 Å². The van der Waals surface area contributed by atoms with Crippen molar-refractivity contribution in [1.82, 2.24) is 14.9 Å². The number of hydrogen-bond acceptors (Lipinski definition) is 7. The second kappa shape index (κ2) is 7.26. The molecule has 1 saturated heterocycles. The molecular formula is C17H23FN4O5S. The fourth-order valence-corrected chi connectivity index (χ4v) is 4.07. The van der Waals surface area contributed by atoms with Crippen molar-refractivity contribution < 1.29 is 26.6 Å². The van der Waals surface area contributed by atoms with E-state index in [1.165, 1.54) is 4.90 Å². The Labute approximate surface area is 163 Å². The van der Waals surface area contributed by atoms with Crippen LogP contribution in [0.25, 0.3) is 0 Å². The summed E-state index contributed by atoms with van der Waals surface area (Å²) >= 11 is 0. The third-order valence-corrected chi connectivity index (χ3v) is 5.32. The maximum absolute atomic E-state index is 12.9. The Hall–Kier alpha value is -2.30. The first-order chi connectivity index (χ1) is 12.9. The lowest BCUT2D eigenvalue weighted by Gasteiger charge is -2.31. The molecule has 1 unspecified atom stereocenters. The molecule has 9 nitrogen and oxygen atoms in total. The predicted octanol–water partition coefficient (Wildman–Crippen LogP) is 1.42. The molecule has 0 aromatic carbocycles. The standard InChI is InChI=1S/C17H23FN4O5S/c1-17(2,3)27-16(24)21-5-4-13-12(9-21)7-19-15(20-13)22-8-11(6-14(22)23)10-28(18,25)26/h7,11H,4-6,8-10H2,1-3H3. The average Bonchev–Trinajstić information content (AvgIpc) is 2.90. The zero-order chi connectivity index (χ0) is 20.7. The van der Waals surface area contributed by atoms with Gasteiger partial charge in [0, 0.05) is 43.6 Å². The molecule has 0 bridgehead atoms. The lowest BCUT2D eigenvalue weighted by molar-refractivity contribution is -0.117. The van der Waals surface area contributed by atoms with Crippen molar-refractivity contribution in [2.75, 3.05) is 23.7 Å². The summed E-state index contributed by atoms with van der Waals surface area (Å²) in [5.74, 6) is -1.47. The lowest BCUT2D eigenvalue weighted by Crippen LogP contribution is -2.40. The summed E-state index contributed by atoms with van der Waals surface area (Å²) in [6.45, 7) is 6.19. The second-order valence-corrected chi connectivity index (χ2v) is 9.48. The Balaban J connectivity index is 1.70. The van der Waals surface area contributed by atoms with Crippen molar-refractivity contribution in [3.8, 4) is 0 Å². The first kappa shape index (κ1) is 20.4. The number of amides is 2. The molecule has 1 atom stereocenters. The molecule has 3 rings (SSSR count). The van der Waals surface area contributed by atoms with Crippen molar-refractivity contribution in [2.45, 2.75) is 45.8 Å². The van der Waals surface area contributed by atoms with E-state index >= 15 is 0 Å². The summed E-state index contributed by atoms with van der Waals surface area (Å²) in [5, 5.41) is 0. The highest BCUT2D eigenvalue weighted by atomic mass is 32.3. The molecular weight excluding hydrogens is 391 g/mol. The number of carbonyl (C=O) groups is 2. The number of anilines is 1. The minimum absolute atomic E-state index is 0.0595. The number of ether oxygens (including phenoxy) is 1. The second-order valence-electron chi connectivity index (χ2n) is 8.07. The Bertz CT molecular complexity index is 899. The highest BCUT2D eigenvalue weighted by molar-refractivity contribution is 7.86. The molecule has 1 fully saturated rings. The normalized spacial score (nSPS) is 20.3. The largest absolute Gasteiger partial charge is 0.444 e. The van der Waals surface area contributed by atoms with Crippen LogP contribution < -0.4 is 4.90 Å². The summed E-state index contributed by atoms with van der Waals surface area (Å²) in [6.07, 6.45) is 1.57. The highest BCUT2D eigenvalue weighted by Crippen LogP contribution is 2.26.